The van der Waals surface area contributed by atoms with Crippen LogP contribution in [-0.4, -0.2) is 43.0 Å². The fourth-order valence-electron chi connectivity index (χ4n) is 2.54. The van der Waals surface area contributed by atoms with E-state index in [9.17, 15) is 9.59 Å². The molecule has 0 aliphatic rings. The van der Waals surface area contributed by atoms with Gasteiger partial charge in [-0.05, 0) is 61.1 Å². The van der Waals surface area contributed by atoms with E-state index in [1.807, 2.05) is 12.1 Å². The number of benzene rings is 2. The molecule has 28 heavy (non-hydrogen) atoms. The Kier molecular flexibility index (Phi) is 8.24. The highest BCUT2D eigenvalue weighted by molar-refractivity contribution is 6.02. The number of nitrogens with zero attached hydrogens (tertiary/aromatic N) is 1. The van der Waals surface area contributed by atoms with Crippen LogP contribution in [-0.2, 0) is 9.53 Å². The van der Waals surface area contributed by atoms with Crippen LogP contribution in [0.1, 0.15) is 29.8 Å². The second-order valence-electron chi connectivity index (χ2n) is 6.23. The summed E-state index contributed by atoms with van der Waals surface area (Å²) in [5.41, 5.74) is 8.25. The van der Waals surface area contributed by atoms with Crippen LogP contribution in [0.2, 0.25) is 0 Å². The molecule has 0 saturated heterocycles. The van der Waals surface area contributed by atoms with Crippen LogP contribution >= 0.6 is 0 Å². The van der Waals surface area contributed by atoms with E-state index in [2.05, 4.69) is 24.1 Å². The molecule has 0 radical (unpaired) electrons. The van der Waals surface area contributed by atoms with Crippen LogP contribution in [0.25, 0.3) is 6.08 Å². The van der Waals surface area contributed by atoms with E-state index in [0.717, 1.165) is 18.7 Å². The number of nitrogen functional groups attached to an aromatic ring is 1. The zero-order valence-electron chi connectivity index (χ0n) is 16.4. The van der Waals surface area contributed by atoms with Crippen molar-refractivity contribution in [1.82, 2.24) is 4.90 Å². The van der Waals surface area contributed by atoms with Crippen molar-refractivity contribution in [2.24, 2.45) is 0 Å². The highest BCUT2D eigenvalue weighted by Crippen LogP contribution is 2.12. The van der Waals surface area contributed by atoms with E-state index in [-0.39, 0.29) is 11.9 Å². The molecule has 0 bridgehead atoms. The summed E-state index contributed by atoms with van der Waals surface area (Å²) in [5, 5.41) is 2.75. The van der Waals surface area contributed by atoms with Crippen molar-refractivity contribution in [1.29, 1.82) is 0 Å². The average Bonchev–Trinajstić information content (AvgIpc) is 2.71. The van der Waals surface area contributed by atoms with Gasteiger partial charge in [-0.15, -0.1) is 0 Å². The first-order valence-electron chi connectivity index (χ1n) is 9.36. The number of nitrogens with two attached hydrogens (primary N) is 1. The SMILES string of the molecule is CCN(CC)CCOC(=O)c1ccc(NC(=O)/C=C/c2ccc(N)cc2)cc1. The number of carbonyl (C=O) groups is 2. The summed E-state index contributed by atoms with van der Waals surface area (Å²) in [6, 6.07) is 13.8. The Morgan fingerprint density at radius 3 is 2.29 bits per heavy atom. The van der Waals surface area contributed by atoms with Gasteiger partial charge in [-0.3, -0.25) is 4.79 Å². The second kappa shape index (κ2) is 10.9. The average molecular weight is 381 g/mol. The molecule has 2 aromatic rings. The van der Waals surface area contributed by atoms with Crippen molar-refractivity contribution in [3.8, 4) is 0 Å². The number of likely N-dealkylation sites (N-methyl/N-ethyl adjacent to an activating group) is 1. The third kappa shape index (κ3) is 6.89. The normalized spacial score (nSPS) is 11.0. The van der Waals surface area contributed by atoms with E-state index < -0.39 is 0 Å². The van der Waals surface area contributed by atoms with Gasteiger partial charge < -0.3 is 20.7 Å². The Bertz CT molecular complexity index is 795. The van der Waals surface area contributed by atoms with Crippen molar-refractivity contribution >= 4 is 29.3 Å². The van der Waals surface area contributed by atoms with Gasteiger partial charge in [0.15, 0.2) is 0 Å². The minimum absolute atomic E-state index is 0.258. The highest BCUT2D eigenvalue weighted by atomic mass is 16.5. The van der Waals surface area contributed by atoms with Crippen molar-refractivity contribution in [2.75, 3.05) is 37.3 Å². The molecule has 0 aromatic heterocycles. The predicted molar refractivity (Wildman–Crippen MR) is 113 cm³/mol. The Hall–Kier alpha value is -3.12. The lowest BCUT2D eigenvalue weighted by atomic mass is 10.2. The summed E-state index contributed by atoms with van der Waals surface area (Å²) in [5.74, 6) is -0.625. The number of carbonyl (C=O) groups excluding carboxylic acids is 2. The number of esters is 1. The van der Waals surface area contributed by atoms with E-state index in [1.165, 1.54) is 6.08 Å². The van der Waals surface area contributed by atoms with Crippen LogP contribution in [0.3, 0.4) is 0 Å². The van der Waals surface area contributed by atoms with E-state index in [0.29, 0.717) is 30.1 Å². The Balaban J connectivity index is 1.83. The van der Waals surface area contributed by atoms with Gasteiger partial charge in [0.1, 0.15) is 6.61 Å². The standard InChI is InChI=1S/C22H27N3O3/c1-3-25(4-2)15-16-28-22(27)18-8-12-20(13-9-18)24-21(26)14-7-17-5-10-19(23)11-6-17/h5-14H,3-4,15-16,23H2,1-2H3,(H,24,26)/b14-7+. The number of hydrogen-bond acceptors (Lipinski definition) is 5. The van der Waals surface area contributed by atoms with Crippen LogP contribution in [0.4, 0.5) is 11.4 Å². The summed E-state index contributed by atoms with van der Waals surface area (Å²) >= 11 is 0. The molecule has 0 spiro atoms. The van der Waals surface area contributed by atoms with Crippen LogP contribution < -0.4 is 11.1 Å². The molecule has 0 aliphatic heterocycles. The Morgan fingerprint density at radius 2 is 1.68 bits per heavy atom. The molecular formula is C22H27N3O3. The van der Waals surface area contributed by atoms with Gasteiger partial charge >= 0.3 is 5.97 Å². The molecule has 0 aliphatic carbocycles. The molecule has 0 fully saturated rings. The summed E-state index contributed by atoms with van der Waals surface area (Å²) in [6.45, 7) is 7.07. The largest absolute Gasteiger partial charge is 0.461 e. The minimum atomic E-state index is -0.367. The van der Waals surface area contributed by atoms with Gasteiger partial charge in [0.05, 0.1) is 5.56 Å². The summed E-state index contributed by atoms with van der Waals surface area (Å²) in [7, 11) is 0. The fraction of sp³-hybridized carbons (Fsp3) is 0.273. The molecule has 6 nitrogen and oxygen atoms in total. The van der Waals surface area contributed by atoms with E-state index in [4.69, 9.17) is 10.5 Å². The smallest absolute Gasteiger partial charge is 0.338 e. The number of hydrogen-bond donors (Lipinski definition) is 2. The molecular weight excluding hydrogens is 354 g/mol. The molecule has 1 amide bonds. The fourth-order valence-corrected chi connectivity index (χ4v) is 2.54. The number of amides is 1. The van der Waals surface area contributed by atoms with Crippen LogP contribution in [0, 0.1) is 0 Å². The Labute approximate surface area is 166 Å². The first kappa shape index (κ1) is 21.2. The molecule has 148 valence electrons. The van der Waals surface area contributed by atoms with Gasteiger partial charge in [0.25, 0.3) is 0 Å². The number of ether oxygens (including phenoxy) is 1. The monoisotopic (exact) mass is 381 g/mol. The van der Waals surface area contributed by atoms with Crippen molar-refractivity contribution in [3.63, 3.8) is 0 Å². The predicted octanol–water partition coefficient (Wildman–Crippen LogP) is 3.42. The molecule has 2 rings (SSSR count). The van der Waals surface area contributed by atoms with Gasteiger partial charge in [0.2, 0.25) is 5.91 Å². The number of nitrogens with one attached hydrogen (secondary N) is 1. The Morgan fingerprint density at radius 1 is 1.04 bits per heavy atom. The number of anilines is 2. The second-order valence-corrected chi connectivity index (χ2v) is 6.23. The maximum atomic E-state index is 12.1. The van der Waals surface area contributed by atoms with Gasteiger partial charge in [-0.1, -0.05) is 26.0 Å². The maximum Gasteiger partial charge on any atom is 0.338 e. The third-order valence-corrected chi connectivity index (χ3v) is 4.29. The summed E-state index contributed by atoms with van der Waals surface area (Å²) < 4.78 is 5.29. The zero-order valence-corrected chi connectivity index (χ0v) is 16.4. The van der Waals surface area contributed by atoms with Crippen LogP contribution in [0.15, 0.2) is 54.6 Å². The number of rotatable bonds is 9. The lowest BCUT2D eigenvalue weighted by Crippen LogP contribution is -2.27. The van der Waals surface area contributed by atoms with Crippen molar-refractivity contribution < 1.29 is 14.3 Å². The molecule has 0 unspecified atom stereocenters. The third-order valence-electron chi connectivity index (χ3n) is 4.29. The first-order valence-corrected chi connectivity index (χ1v) is 9.36. The highest BCUT2D eigenvalue weighted by Gasteiger charge is 2.08. The molecule has 6 heteroatoms. The maximum absolute atomic E-state index is 12.1. The lowest BCUT2D eigenvalue weighted by Gasteiger charge is -2.17. The quantitative estimate of drug-likeness (QED) is 0.395. The summed E-state index contributed by atoms with van der Waals surface area (Å²) in [6.07, 6.45) is 3.15. The molecule has 0 saturated carbocycles. The first-order chi connectivity index (χ1) is 13.5. The van der Waals surface area contributed by atoms with E-state index >= 15 is 0 Å². The topological polar surface area (TPSA) is 84.7 Å². The van der Waals surface area contributed by atoms with Gasteiger partial charge in [0, 0.05) is 24.0 Å². The minimum Gasteiger partial charge on any atom is -0.461 e. The molecule has 0 heterocycles. The molecule has 2 aromatic carbocycles. The van der Waals surface area contributed by atoms with Gasteiger partial charge in [-0.25, -0.2) is 4.79 Å². The lowest BCUT2D eigenvalue weighted by molar-refractivity contribution is -0.111. The zero-order chi connectivity index (χ0) is 20.4. The van der Waals surface area contributed by atoms with Crippen molar-refractivity contribution in [3.05, 3.63) is 65.7 Å². The molecule has 3 N–H and O–H groups in total. The van der Waals surface area contributed by atoms with Crippen molar-refractivity contribution in [2.45, 2.75) is 13.8 Å². The summed E-state index contributed by atoms with van der Waals surface area (Å²) in [4.78, 5) is 26.3. The van der Waals surface area contributed by atoms with Gasteiger partial charge in [-0.2, -0.15) is 0 Å². The van der Waals surface area contributed by atoms with Crippen LogP contribution in [0.5, 0.6) is 0 Å². The molecule has 0 atom stereocenters. The van der Waals surface area contributed by atoms with E-state index in [1.54, 1.807) is 42.5 Å².